The largest absolute Gasteiger partial charge is 0.337 e. The van der Waals surface area contributed by atoms with Crippen molar-refractivity contribution in [3.63, 3.8) is 0 Å². The Kier molecular flexibility index (Phi) is 3.19. The van der Waals surface area contributed by atoms with Gasteiger partial charge in [-0.1, -0.05) is 0 Å². The standard InChI is InChI=1S/C8H12F2N2S/c1-5(3-7(9)10)12-6(2)4-11-8(12)13/h4-5,7H,3H2,1-2H3,(H,11,13). The normalized spacial score (nSPS) is 13.6. The molecule has 0 saturated carbocycles. The van der Waals surface area contributed by atoms with Crippen molar-refractivity contribution < 1.29 is 8.78 Å². The van der Waals surface area contributed by atoms with Crippen LogP contribution in [0.1, 0.15) is 25.1 Å². The van der Waals surface area contributed by atoms with Crippen molar-refractivity contribution in [2.24, 2.45) is 0 Å². The number of nitrogens with one attached hydrogen (secondary N) is 1. The van der Waals surface area contributed by atoms with Gasteiger partial charge in [-0.2, -0.15) is 0 Å². The highest BCUT2D eigenvalue weighted by Gasteiger charge is 2.13. The number of imidazole rings is 1. The molecule has 1 unspecified atom stereocenters. The van der Waals surface area contributed by atoms with Gasteiger partial charge in [0.2, 0.25) is 6.43 Å². The lowest BCUT2D eigenvalue weighted by Crippen LogP contribution is -2.10. The van der Waals surface area contributed by atoms with Crippen LogP contribution >= 0.6 is 12.2 Å². The highest BCUT2D eigenvalue weighted by molar-refractivity contribution is 7.71. The monoisotopic (exact) mass is 206 g/mol. The zero-order chi connectivity index (χ0) is 10.0. The molecule has 1 rings (SSSR count). The molecule has 0 spiro atoms. The lowest BCUT2D eigenvalue weighted by atomic mass is 10.2. The quantitative estimate of drug-likeness (QED) is 0.754. The maximum Gasteiger partial charge on any atom is 0.240 e. The van der Waals surface area contributed by atoms with E-state index in [2.05, 4.69) is 4.98 Å². The van der Waals surface area contributed by atoms with Gasteiger partial charge >= 0.3 is 0 Å². The Bertz CT molecular complexity index is 329. The van der Waals surface area contributed by atoms with Crippen LogP contribution in [0.3, 0.4) is 0 Å². The summed E-state index contributed by atoms with van der Waals surface area (Å²) in [5.41, 5.74) is 0.887. The van der Waals surface area contributed by atoms with Crippen molar-refractivity contribution in [3.8, 4) is 0 Å². The van der Waals surface area contributed by atoms with Gasteiger partial charge in [-0.05, 0) is 26.1 Å². The van der Waals surface area contributed by atoms with Crippen LogP contribution in [0.2, 0.25) is 0 Å². The fourth-order valence-corrected chi connectivity index (χ4v) is 1.76. The van der Waals surface area contributed by atoms with Gasteiger partial charge in [-0.15, -0.1) is 0 Å². The molecule has 1 aromatic rings. The molecule has 0 saturated heterocycles. The Balaban J connectivity index is 2.88. The third-order valence-electron chi connectivity index (χ3n) is 1.96. The zero-order valence-corrected chi connectivity index (χ0v) is 8.37. The molecule has 5 heteroatoms. The molecule has 74 valence electrons. The number of hydrogen-bond acceptors (Lipinski definition) is 1. The molecule has 0 amide bonds. The summed E-state index contributed by atoms with van der Waals surface area (Å²) >= 11 is 4.96. The van der Waals surface area contributed by atoms with Gasteiger partial charge in [0.25, 0.3) is 0 Å². The Morgan fingerprint density at radius 1 is 1.62 bits per heavy atom. The fourth-order valence-electron chi connectivity index (χ4n) is 1.38. The van der Waals surface area contributed by atoms with E-state index in [1.165, 1.54) is 0 Å². The van der Waals surface area contributed by atoms with Crippen molar-refractivity contribution in [1.29, 1.82) is 0 Å². The maximum atomic E-state index is 12.1. The van der Waals surface area contributed by atoms with Gasteiger partial charge in [0, 0.05) is 24.4 Å². The minimum atomic E-state index is -2.29. The Morgan fingerprint density at radius 2 is 2.23 bits per heavy atom. The van der Waals surface area contributed by atoms with Crippen LogP contribution < -0.4 is 0 Å². The van der Waals surface area contributed by atoms with Crippen molar-refractivity contribution in [1.82, 2.24) is 9.55 Å². The van der Waals surface area contributed by atoms with Gasteiger partial charge in [0.1, 0.15) is 0 Å². The maximum absolute atomic E-state index is 12.1. The number of halogens is 2. The Hall–Kier alpha value is -0.710. The molecule has 0 radical (unpaired) electrons. The van der Waals surface area contributed by atoms with Crippen LogP contribution in [-0.2, 0) is 0 Å². The van der Waals surface area contributed by atoms with Crippen LogP contribution in [0.15, 0.2) is 6.20 Å². The van der Waals surface area contributed by atoms with Crippen molar-refractivity contribution >= 4 is 12.2 Å². The number of rotatable bonds is 3. The number of aromatic amines is 1. The second kappa shape index (κ2) is 4.00. The van der Waals surface area contributed by atoms with Crippen LogP contribution in [0, 0.1) is 11.7 Å². The second-order valence-electron chi connectivity index (χ2n) is 3.08. The van der Waals surface area contributed by atoms with Crippen LogP contribution in [0.4, 0.5) is 8.78 Å². The average molecular weight is 206 g/mol. The topological polar surface area (TPSA) is 20.7 Å². The second-order valence-corrected chi connectivity index (χ2v) is 3.47. The average Bonchev–Trinajstić information content (AvgIpc) is 2.29. The van der Waals surface area contributed by atoms with Crippen LogP contribution in [-0.4, -0.2) is 16.0 Å². The number of nitrogens with zero attached hydrogens (tertiary/aromatic N) is 1. The summed E-state index contributed by atoms with van der Waals surface area (Å²) in [4.78, 5) is 2.82. The highest BCUT2D eigenvalue weighted by Crippen LogP contribution is 2.18. The molecule has 1 aromatic heterocycles. The molecule has 1 heterocycles. The van der Waals surface area contributed by atoms with E-state index in [0.29, 0.717) is 4.77 Å². The van der Waals surface area contributed by atoms with E-state index in [0.717, 1.165) is 5.69 Å². The van der Waals surface area contributed by atoms with Crippen LogP contribution in [0.25, 0.3) is 0 Å². The lowest BCUT2D eigenvalue weighted by Gasteiger charge is -2.14. The molecule has 13 heavy (non-hydrogen) atoms. The molecule has 0 aromatic carbocycles. The lowest BCUT2D eigenvalue weighted by molar-refractivity contribution is 0.119. The summed E-state index contributed by atoms with van der Waals surface area (Å²) in [6, 6.07) is -0.251. The molecule has 0 aliphatic rings. The SMILES string of the molecule is Cc1c[nH]c(=S)n1C(C)CC(F)F. The van der Waals surface area contributed by atoms with Crippen LogP contribution in [0.5, 0.6) is 0 Å². The third-order valence-corrected chi connectivity index (χ3v) is 2.28. The minimum absolute atomic E-state index is 0.160. The number of H-pyrrole nitrogens is 1. The molecular weight excluding hydrogens is 194 g/mol. The molecule has 0 aliphatic carbocycles. The highest BCUT2D eigenvalue weighted by atomic mass is 32.1. The summed E-state index contributed by atoms with van der Waals surface area (Å²) < 4.78 is 26.4. The molecule has 1 atom stereocenters. The third kappa shape index (κ3) is 2.37. The number of aromatic nitrogens is 2. The smallest absolute Gasteiger partial charge is 0.240 e. The van der Waals surface area contributed by atoms with Crippen molar-refractivity contribution in [2.45, 2.75) is 32.7 Å². The predicted octanol–water partition coefficient (Wildman–Crippen LogP) is 3.07. The molecule has 0 aliphatic heterocycles. The summed E-state index contributed by atoms with van der Waals surface area (Å²) in [6.45, 7) is 3.58. The van der Waals surface area contributed by atoms with E-state index < -0.39 is 6.43 Å². The Morgan fingerprint density at radius 3 is 2.62 bits per heavy atom. The fraction of sp³-hybridized carbons (Fsp3) is 0.625. The number of aryl methyl sites for hydroxylation is 1. The van der Waals surface area contributed by atoms with E-state index in [-0.39, 0.29) is 12.5 Å². The first kappa shape index (κ1) is 10.4. The summed E-state index contributed by atoms with van der Waals surface area (Å²) in [5.74, 6) is 0. The van der Waals surface area contributed by atoms with Crippen molar-refractivity contribution in [2.75, 3.05) is 0 Å². The van der Waals surface area contributed by atoms with E-state index in [1.807, 2.05) is 6.92 Å². The van der Waals surface area contributed by atoms with Gasteiger partial charge in [-0.25, -0.2) is 8.78 Å². The molecule has 0 bridgehead atoms. The predicted molar refractivity (Wildman–Crippen MR) is 49.7 cm³/mol. The summed E-state index contributed by atoms with van der Waals surface area (Å²) in [7, 11) is 0. The van der Waals surface area contributed by atoms with E-state index in [4.69, 9.17) is 12.2 Å². The van der Waals surface area contributed by atoms with Gasteiger partial charge in [0.15, 0.2) is 4.77 Å². The first-order chi connectivity index (χ1) is 6.02. The minimum Gasteiger partial charge on any atom is -0.337 e. The number of hydrogen-bond donors (Lipinski definition) is 1. The van der Waals surface area contributed by atoms with Gasteiger partial charge < -0.3 is 9.55 Å². The number of alkyl halides is 2. The van der Waals surface area contributed by atoms with E-state index >= 15 is 0 Å². The van der Waals surface area contributed by atoms with E-state index in [9.17, 15) is 8.78 Å². The summed E-state index contributed by atoms with van der Waals surface area (Å²) in [6.07, 6.45) is -0.719. The molecular formula is C8H12F2N2S. The van der Waals surface area contributed by atoms with Crippen molar-refractivity contribution in [3.05, 3.63) is 16.7 Å². The van der Waals surface area contributed by atoms with Gasteiger partial charge in [-0.3, -0.25) is 0 Å². The van der Waals surface area contributed by atoms with Gasteiger partial charge in [0.05, 0.1) is 0 Å². The molecule has 1 N–H and O–H groups in total. The Labute approximate surface area is 80.6 Å². The zero-order valence-electron chi connectivity index (χ0n) is 7.55. The first-order valence-corrected chi connectivity index (χ1v) is 4.48. The first-order valence-electron chi connectivity index (χ1n) is 4.07. The molecule has 2 nitrogen and oxygen atoms in total. The van der Waals surface area contributed by atoms with E-state index in [1.54, 1.807) is 17.7 Å². The summed E-state index contributed by atoms with van der Waals surface area (Å²) in [5, 5.41) is 0. The molecule has 0 fully saturated rings.